The summed E-state index contributed by atoms with van der Waals surface area (Å²) in [4.78, 5) is 63.7. The summed E-state index contributed by atoms with van der Waals surface area (Å²) in [7, 11) is 0. The minimum Gasteiger partial charge on any atom is -0.463 e. The number of esters is 3. The van der Waals surface area contributed by atoms with Gasteiger partial charge in [-0.15, -0.1) is 0 Å². The molecule has 0 bridgehead atoms. The molecule has 3 saturated heterocycles. The van der Waals surface area contributed by atoms with Crippen molar-refractivity contribution in [3.05, 3.63) is 47.7 Å². The fraction of sp³-hybridized carbons (Fsp3) is 0.581. The van der Waals surface area contributed by atoms with Gasteiger partial charge < -0.3 is 33.2 Å². The molecule has 1 aromatic carbocycles. The predicted octanol–water partition coefficient (Wildman–Crippen LogP) is 2.69. The largest absolute Gasteiger partial charge is 0.463 e. The third-order valence-corrected chi connectivity index (χ3v) is 7.88. The number of hydrogen-bond acceptors (Lipinski definition) is 13. The van der Waals surface area contributed by atoms with Gasteiger partial charge in [0.2, 0.25) is 0 Å². The fourth-order valence-electron chi connectivity index (χ4n) is 5.83. The summed E-state index contributed by atoms with van der Waals surface area (Å²) in [5, 5.41) is 0. The van der Waals surface area contributed by atoms with Crippen LogP contribution in [0, 0.1) is 5.41 Å². The van der Waals surface area contributed by atoms with Gasteiger partial charge >= 0.3 is 30.0 Å². The van der Waals surface area contributed by atoms with Crippen LogP contribution in [0.1, 0.15) is 59.4 Å². The molecule has 0 N–H and O–H groups in total. The van der Waals surface area contributed by atoms with Gasteiger partial charge in [-0.1, -0.05) is 51.1 Å². The minimum absolute atomic E-state index is 0.0188. The van der Waals surface area contributed by atoms with Gasteiger partial charge in [0.15, 0.2) is 30.4 Å². The van der Waals surface area contributed by atoms with Crippen molar-refractivity contribution in [2.24, 2.45) is 5.41 Å². The molecular formula is C31H37NO13. The Morgan fingerprint density at radius 3 is 2.24 bits per heavy atom. The number of ether oxygens (including phenoxy) is 8. The van der Waals surface area contributed by atoms with Gasteiger partial charge in [-0.2, -0.15) is 0 Å². The van der Waals surface area contributed by atoms with E-state index in [1.165, 1.54) is 20.8 Å². The van der Waals surface area contributed by atoms with E-state index in [2.05, 4.69) is 0 Å². The molecule has 1 aromatic rings. The van der Waals surface area contributed by atoms with Crippen LogP contribution in [0.2, 0.25) is 0 Å². The summed E-state index contributed by atoms with van der Waals surface area (Å²) >= 11 is 0. The highest BCUT2D eigenvalue weighted by Crippen LogP contribution is 2.48. The number of benzene rings is 1. The number of imide groups is 1. The lowest BCUT2D eigenvalue weighted by Gasteiger charge is -2.40. The second-order valence-corrected chi connectivity index (χ2v) is 12.4. The Bertz CT molecular complexity index is 1370. The number of nitrogens with zero attached hydrogens (tertiary/aromatic N) is 1. The molecule has 8 atom stereocenters. The van der Waals surface area contributed by atoms with Crippen LogP contribution in [-0.2, 0) is 57.1 Å². The number of cyclic esters (lactones) is 1. The zero-order valence-corrected chi connectivity index (χ0v) is 25.9. The highest BCUT2D eigenvalue weighted by atomic mass is 16.9. The number of allylic oxidation sites excluding steroid dienone is 1. The molecule has 0 radical (unpaired) electrons. The normalized spacial score (nSPS) is 32.6. The summed E-state index contributed by atoms with van der Waals surface area (Å²) in [6, 6.07) is 8.65. The molecule has 2 amide bonds. The summed E-state index contributed by atoms with van der Waals surface area (Å²) < 4.78 is 46.2. The fourth-order valence-corrected chi connectivity index (χ4v) is 5.83. The van der Waals surface area contributed by atoms with Crippen molar-refractivity contribution in [3.8, 4) is 0 Å². The van der Waals surface area contributed by atoms with Gasteiger partial charge in [0, 0.05) is 26.7 Å². The van der Waals surface area contributed by atoms with Crippen LogP contribution in [-0.4, -0.2) is 90.7 Å². The van der Waals surface area contributed by atoms with Crippen LogP contribution < -0.4 is 0 Å². The average molecular weight is 632 g/mol. The van der Waals surface area contributed by atoms with E-state index < -0.39 is 84.0 Å². The first kappa shape index (κ1) is 32.4. The van der Waals surface area contributed by atoms with Gasteiger partial charge in [0.25, 0.3) is 5.91 Å². The number of amides is 2. The lowest BCUT2D eigenvalue weighted by molar-refractivity contribution is -0.347. The maximum atomic E-state index is 14.0. The van der Waals surface area contributed by atoms with Gasteiger partial charge in [0.05, 0.1) is 12.5 Å². The standard InChI is InChI=1S/C31H37NO13/c1-16(33)38-14-22-24(40-17(2)34)25(41-18(3)35)26-28(42-22)45-31(44-26)13-20(19-10-8-7-9-11-19)12-21(43-31)27(36)32-23(30(4,5)6)15-39-29(32)37/h7-12,20,22-26,28H,13-15H2,1-6H3/t20?,22-,23-,24-,25+,26+,28+,31-/m1/s1. The van der Waals surface area contributed by atoms with Gasteiger partial charge in [-0.05, 0) is 17.1 Å². The van der Waals surface area contributed by atoms with Crippen LogP contribution in [0.3, 0.4) is 0 Å². The first-order chi connectivity index (χ1) is 21.2. The molecule has 4 aliphatic rings. The average Bonchev–Trinajstić information content (AvgIpc) is 3.52. The number of carbonyl (C=O) groups excluding carboxylic acids is 5. The first-order valence-electron chi connectivity index (χ1n) is 14.6. The van der Waals surface area contributed by atoms with Crippen molar-refractivity contribution < 1.29 is 61.9 Å². The van der Waals surface area contributed by atoms with Crippen LogP contribution >= 0.6 is 0 Å². The Balaban J connectivity index is 1.51. The van der Waals surface area contributed by atoms with E-state index in [0.717, 1.165) is 10.5 Å². The lowest BCUT2D eigenvalue weighted by Crippen LogP contribution is -2.60. The Morgan fingerprint density at radius 2 is 1.62 bits per heavy atom. The van der Waals surface area contributed by atoms with Crippen molar-refractivity contribution in [1.82, 2.24) is 4.90 Å². The lowest BCUT2D eigenvalue weighted by atomic mass is 9.86. The monoisotopic (exact) mass is 631 g/mol. The summed E-state index contributed by atoms with van der Waals surface area (Å²) in [6.45, 7) is 8.86. The van der Waals surface area contributed by atoms with E-state index in [4.69, 9.17) is 37.9 Å². The number of fused-ring (bicyclic) bond motifs is 1. The third kappa shape index (κ3) is 6.82. The van der Waals surface area contributed by atoms with Crippen molar-refractivity contribution in [2.45, 2.75) is 96.6 Å². The number of hydrogen-bond donors (Lipinski definition) is 0. The summed E-state index contributed by atoms with van der Waals surface area (Å²) in [6.07, 6.45) is -5.29. The molecule has 14 nitrogen and oxygen atoms in total. The van der Waals surface area contributed by atoms with Crippen LogP contribution in [0.5, 0.6) is 0 Å². The summed E-state index contributed by atoms with van der Waals surface area (Å²) in [5.74, 6) is -5.47. The first-order valence-corrected chi connectivity index (χ1v) is 14.6. The molecule has 244 valence electrons. The molecule has 45 heavy (non-hydrogen) atoms. The van der Waals surface area contributed by atoms with E-state index in [0.29, 0.717) is 0 Å². The molecular weight excluding hydrogens is 594 g/mol. The smallest absolute Gasteiger partial charge is 0.417 e. The Morgan fingerprint density at radius 1 is 0.956 bits per heavy atom. The highest BCUT2D eigenvalue weighted by molar-refractivity contribution is 6.02. The number of rotatable bonds is 6. The molecule has 4 aliphatic heterocycles. The second kappa shape index (κ2) is 12.4. The third-order valence-electron chi connectivity index (χ3n) is 7.88. The Kier molecular flexibility index (Phi) is 8.93. The second-order valence-electron chi connectivity index (χ2n) is 12.4. The Labute approximate surface area is 259 Å². The topological polar surface area (TPSA) is 162 Å². The molecule has 0 aromatic heterocycles. The zero-order chi connectivity index (χ0) is 32.7. The summed E-state index contributed by atoms with van der Waals surface area (Å²) in [5.41, 5.74) is 0.295. The molecule has 14 heteroatoms. The highest BCUT2D eigenvalue weighted by Gasteiger charge is 2.63. The minimum atomic E-state index is -1.97. The van der Waals surface area contributed by atoms with E-state index in [9.17, 15) is 24.0 Å². The predicted molar refractivity (Wildman–Crippen MR) is 149 cm³/mol. The van der Waals surface area contributed by atoms with Crippen molar-refractivity contribution in [1.29, 1.82) is 0 Å². The SMILES string of the molecule is CC(=O)OC[C@H]1O[C@H]2O[C@@]3(CC(c4ccccc4)C=C(C(=O)N4C(=O)OC[C@@H]4C(C)(C)C)O3)O[C@H]2[C@@H](OC(C)=O)[C@@H]1OC(C)=O. The van der Waals surface area contributed by atoms with Gasteiger partial charge in [0.1, 0.15) is 19.3 Å². The molecule has 5 rings (SSSR count). The molecule has 1 spiro atoms. The maximum absolute atomic E-state index is 14.0. The van der Waals surface area contributed by atoms with Crippen molar-refractivity contribution >= 4 is 29.9 Å². The van der Waals surface area contributed by atoms with Gasteiger partial charge in [-0.3, -0.25) is 23.9 Å². The van der Waals surface area contributed by atoms with E-state index in [1.807, 2.05) is 51.1 Å². The zero-order valence-electron chi connectivity index (χ0n) is 25.9. The van der Waals surface area contributed by atoms with E-state index in [-0.39, 0.29) is 25.4 Å². The van der Waals surface area contributed by atoms with E-state index in [1.54, 1.807) is 6.08 Å². The molecule has 0 aliphatic carbocycles. The molecule has 4 heterocycles. The van der Waals surface area contributed by atoms with Crippen molar-refractivity contribution in [3.63, 3.8) is 0 Å². The van der Waals surface area contributed by atoms with E-state index >= 15 is 0 Å². The van der Waals surface area contributed by atoms with Gasteiger partial charge in [-0.25, -0.2) is 9.69 Å². The van der Waals surface area contributed by atoms with Crippen LogP contribution in [0.4, 0.5) is 4.79 Å². The quantitative estimate of drug-likeness (QED) is 0.333. The van der Waals surface area contributed by atoms with Crippen LogP contribution in [0.15, 0.2) is 42.2 Å². The number of carbonyl (C=O) groups is 5. The van der Waals surface area contributed by atoms with Crippen molar-refractivity contribution in [2.75, 3.05) is 13.2 Å². The maximum Gasteiger partial charge on any atom is 0.417 e. The molecule has 1 unspecified atom stereocenters. The molecule has 3 fully saturated rings. The Hall–Kier alpha value is -4.01. The molecule has 0 saturated carbocycles. The van der Waals surface area contributed by atoms with Crippen LogP contribution in [0.25, 0.3) is 0 Å².